The average Bonchev–Trinajstić information content (AvgIpc) is 3.70. The fourth-order valence-corrected chi connectivity index (χ4v) is 13.4. The van der Waals surface area contributed by atoms with Crippen LogP contribution in [-0.4, -0.2) is 104 Å². The van der Waals surface area contributed by atoms with E-state index in [1.165, 1.54) is 34.6 Å². The normalized spacial score (nSPS) is 58.0. The van der Waals surface area contributed by atoms with Crippen molar-refractivity contribution in [3.63, 3.8) is 0 Å². The highest BCUT2D eigenvalue weighted by molar-refractivity contribution is 6.33. The van der Waals surface area contributed by atoms with Gasteiger partial charge in [0.15, 0.2) is 11.4 Å². The monoisotopic (exact) mass is 730 g/mol. The number of hydrogen-bond donors (Lipinski definition) is 3. The number of hydrogen-bond acceptors (Lipinski definition) is 13. The molecule has 0 amide bonds. The fraction of sp³-hybridized carbons (Fsp3) is 0.853. The van der Waals surface area contributed by atoms with E-state index in [1.54, 1.807) is 20.8 Å². The maximum Gasteiger partial charge on any atom is 0.340 e. The summed E-state index contributed by atoms with van der Waals surface area (Å²) in [6.07, 6.45) is -7.64. The third kappa shape index (κ3) is 4.00. The second-order valence-electron chi connectivity index (χ2n) is 16.4. The van der Waals surface area contributed by atoms with Gasteiger partial charge in [0.2, 0.25) is 5.06 Å². The lowest BCUT2D eigenvalue weighted by atomic mass is 9.41. The van der Waals surface area contributed by atoms with E-state index in [-0.39, 0.29) is 6.42 Å². The van der Waals surface area contributed by atoms with Crippen molar-refractivity contribution in [2.45, 2.75) is 121 Å². The summed E-state index contributed by atoms with van der Waals surface area (Å²) >= 11 is 14.4. The highest BCUT2D eigenvalue weighted by atomic mass is 35.5. The number of ketones is 1. The third-order valence-corrected chi connectivity index (χ3v) is 16.0. The van der Waals surface area contributed by atoms with Crippen LogP contribution < -0.4 is 0 Å². The molecule has 2 saturated heterocycles. The maximum absolute atomic E-state index is 14.3. The molecule has 0 spiro atoms. The number of carbonyl (C=O) groups excluding carboxylic acids is 5. The zero-order valence-corrected chi connectivity index (χ0v) is 30.1. The molecule has 3 N–H and O–H groups in total. The number of Topliss-reactive ketones (excluding diaryl/α,β-unsaturated/α-hetero) is 1. The maximum atomic E-state index is 14.3. The molecule has 0 aromatic carbocycles. The molecule has 2 heterocycles. The third-order valence-electron chi connectivity index (χ3n) is 14.4. The summed E-state index contributed by atoms with van der Waals surface area (Å²) in [6, 6.07) is 0. The quantitative estimate of drug-likeness (QED) is 0.164. The summed E-state index contributed by atoms with van der Waals surface area (Å²) in [5.74, 6) is -10.5. The molecular formula is C34H44Cl2O13. The Morgan fingerprint density at radius 3 is 1.98 bits per heavy atom. The Hall–Kier alpha value is -2.03. The summed E-state index contributed by atoms with van der Waals surface area (Å²) in [5.41, 5.74) is -6.85. The highest BCUT2D eigenvalue weighted by Gasteiger charge is 2.88. The van der Waals surface area contributed by atoms with Gasteiger partial charge in [-0.05, 0) is 25.2 Å². The van der Waals surface area contributed by atoms with Crippen LogP contribution in [0.15, 0.2) is 0 Å². The largest absolute Gasteiger partial charge is 0.462 e. The number of epoxide rings is 1. The Morgan fingerprint density at radius 1 is 0.857 bits per heavy atom. The number of esters is 4. The number of ether oxygens (including phenoxy) is 5. The number of fused-ring (bicyclic) bond motifs is 10. The van der Waals surface area contributed by atoms with Gasteiger partial charge in [-0.3, -0.25) is 19.2 Å². The number of aliphatic hydroxyl groups is 3. The van der Waals surface area contributed by atoms with Crippen molar-refractivity contribution < 1.29 is 63.0 Å². The van der Waals surface area contributed by atoms with Crippen molar-refractivity contribution in [3.05, 3.63) is 0 Å². The Labute approximate surface area is 293 Å². The SMILES string of the molecule is CC(=O)O[C@H]1[C@@H]2[C@H]([C@H](C)C(Cl)C3(Cl)OC(=O)[C@@](C)(O)[C@]23C)[C@]2(C)[C@@H]1C1C([C@H](OC(C)=O)[C@@H]2OC(C)=O)[C@]2(C)[C@H](C[C@@H]3O[C@@H]3[C@@H]2O)C(=O)[C@@H]1O. The number of rotatable bonds is 3. The predicted octanol–water partition coefficient (Wildman–Crippen LogP) is 1.50. The molecule has 7 aliphatic rings. The van der Waals surface area contributed by atoms with Crippen molar-refractivity contribution in [3.8, 4) is 0 Å². The number of alkyl halides is 2. The summed E-state index contributed by atoms with van der Waals surface area (Å²) in [4.78, 5) is 66.9. The van der Waals surface area contributed by atoms with Crippen LogP contribution in [0.4, 0.5) is 0 Å². The van der Waals surface area contributed by atoms with E-state index in [0.717, 1.165) is 0 Å². The lowest BCUT2D eigenvalue weighted by Gasteiger charge is -2.65. The zero-order chi connectivity index (χ0) is 36.3. The Balaban J connectivity index is 1.55. The minimum absolute atomic E-state index is 0.211. The lowest BCUT2D eigenvalue weighted by Crippen LogP contribution is -2.74. The molecule has 0 bridgehead atoms. The van der Waals surface area contributed by atoms with E-state index in [0.29, 0.717) is 0 Å². The van der Waals surface area contributed by atoms with Gasteiger partial charge >= 0.3 is 23.9 Å². The van der Waals surface area contributed by atoms with E-state index in [9.17, 15) is 39.3 Å². The Bertz CT molecular complexity index is 1540. The van der Waals surface area contributed by atoms with E-state index in [2.05, 4.69) is 0 Å². The predicted molar refractivity (Wildman–Crippen MR) is 166 cm³/mol. The molecule has 7 fully saturated rings. The van der Waals surface area contributed by atoms with Crippen molar-refractivity contribution in [2.75, 3.05) is 0 Å². The van der Waals surface area contributed by atoms with Crippen LogP contribution in [0.3, 0.4) is 0 Å². The first-order chi connectivity index (χ1) is 22.5. The molecule has 2 aliphatic heterocycles. The van der Waals surface area contributed by atoms with Gasteiger partial charge in [0.25, 0.3) is 0 Å². The fourth-order valence-electron chi connectivity index (χ4n) is 12.4. The molecule has 0 radical (unpaired) electrons. The van der Waals surface area contributed by atoms with Crippen molar-refractivity contribution in [1.82, 2.24) is 0 Å². The van der Waals surface area contributed by atoms with Crippen LogP contribution in [0, 0.1) is 57.7 Å². The van der Waals surface area contributed by atoms with Crippen LogP contribution in [0.1, 0.15) is 61.8 Å². The minimum Gasteiger partial charge on any atom is -0.462 e. The van der Waals surface area contributed by atoms with Crippen molar-refractivity contribution in [2.24, 2.45) is 57.7 Å². The number of halogens is 2. The van der Waals surface area contributed by atoms with Crippen molar-refractivity contribution in [1.29, 1.82) is 0 Å². The summed E-state index contributed by atoms with van der Waals surface area (Å²) in [7, 11) is 0. The van der Waals surface area contributed by atoms with E-state index >= 15 is 0 Å². The van der Waals surface area contributed by atoms with Crippen LogP contribution in [0.25, 0.3) is 0 Å². The standard InChI is InChI=1S/C34H44Cl2O13/c1-10-17-20(32(7)33(8,44)29(43)49-34(32,36)26(10)35)24(45-11(2)37)18-16-19(25(46-12(3)38)28(31(17,18)6)47-13(4)39)30(5)14(21(40)22(16)41)9-15-23(48-15)27(30)42/h10,14-20,22-28,41-42,44H,9H2,1-8H3/t10-,14+,15-,16?,17-,18+,19?,20-,22+,23-,24+,25-,26?,27-,28-,30-,31+,32-,33+,34?/m0/s1. The van der Waals surface area contributed by atoms with Crippen LogP contribution in [0.2, 0.25) is 0 Å². The first kappa shape index (κ1) is 35.4. The van der Waals surface area contributed by atoms with Gasteiger partial charge in [0.05, 0.1) is 23.0 Å². The molecule has 0 aromatic rings. The summed E-state index contributed by atoms with van der Waals surface area (Å²) in [6.45, 7) is 11.6. The molecule has 4 unspecified atom stereocenters. The molecule has 0 aromatic heterocycles. The molecule has 15 heteroatoms. The van der Waals surface area contributed by atoms with Crippen LogP contribution in [0.5, 0.6) is 0 Å². The average molecular weight is 732 g/mol. The van der Waals surface area contributed by atoms with E-state index in [4.69, 9.17) is 46.9 Å². The first-order valence-corrected chi connectivity index (χ1v) is 17.7. The first-order valence-electron chi connectivity index (χ1n) is 16.9. The topological polar surface area (TPSA) is 195 Å². The highest BCUT2D eigenvalue weighted by Crippen LogP contribution is 2.78. The summed E-state index contributed by atoms with van der Waals surface area (Å²) in [5, 5.41) is 33.0. The summed E-state index contributed by atoms with van der Waals surface area (Å²) < 4.78 is 30.0. The molecule has 7 rings (SSSR count). The van der Waals surface area contributed by atoms with Gasteiger partial charge in [-0.15, -0.1) is 11.6 Å². The Kier molecular flexibility index (Phi) is 7.60. The van der Waals surface area contributed by atoms with Gasteiger partial charge in [0.1, 0.15) is 30.5 Å². The Morgan fingerprint density at radius 2 is 1.41 bits per heavy atom. The molecule has 20 atom stereocenters. The molecule has 5 saturated carbocycles. The minimum atomic E-state index is -2.28. The van der Waals surface area contributed by atoms with E-state index in [1.807, 2.05) is 0 Å². The number of aliphatic hydroxyl groups excluding tert-OH is 2. The van der Waals surface area contributed by atoms with E-state index < -0.39 is 146 Å². The van der Waals surface area contributed by atoms with Gasteiger partial charge in [-0.1, -0.05) is 39.3 Å². The van der Waals surface area contributed by atoms with Gasteiger partial charge in [0, 0.05) is 61.2 Å². The number of carbonyl (C=O) groups is 5. The van der Waals surface area contributed by atoms with Gasteiger partial charge < -0.3 is 39.0 Å². The van der Waals surface area contributed by atoms with Crippen LogP contribution >= 0.6 is 23.2 Å². The van der Waals surface area contributed by atoms with Gasteiger partial charge in [-0.2, -0.15) is 0 Å². The molecule has 49 heavy (non-hydrogen) atoms. The lowest BCUT2D eigenvalue weighted by molar-refractivity contribution is -0.272. The van der Waals surface area contributed by atoms with Gasteiger partial charge in [-0.25, -0.2) is 4.79 Å². The smallest absolute Gasteiger partial charge is 0.340 e. The molecule has 13 nitrogen and oxygen atoms in total. The molecule has 5 aliphatic carbocycles. The van der Waals surface area contributed by atoms with Crippen LogP contribution in [-0.2, 0) is 47.7 Å². The zero-order valence-electron chi connectivity index (χ0n) is 28.5. The molecule has 272 valence electrons. The van der Waals surface area contributed by atoms with Crippen molar-refractivity contribution >= 4 is 52.9 Å². The second kappa shape index (κ2) is 10.5. The molecular weight excluding hydrogens is 687 g/mol. The second-order valence-corrected chi connectivity index (χ2v) is 17.4.